The summed E-state index contributed by atoms with van der Waals surface area (Å²) in [6.45, 7) is 1.59. The van der Waals surface area contributed by atoms with Gasteiger partial charge in [0.15, 0.2) is 0 Å². The molecule has 0 aliphatic rings. The Morgan fingerprint density at radius 1 is 1.11 bits per heavy atom. The summed E-state index contributed by atoms with van der Waals surface area (Å²) >= 11 is 0. The van der Waals surface area contributed by atoms with E-state index < -0.39 is 6.04 Å². The number of anilines is 1. The van der Waals surface area contributed by atoms with Crippen molar-refractivity contribution < 1.29 is 19.0 Å². The summed E-state index contributed by atoms with van der Waals surface area (Å²) in [5, 5.41) is 12.4. The lowest BCUT2D eigenvalue weighted by Crippen LogP contribution is -2.32. The van der Waals surface area contributed by atoms with Gasteiger partial charge in [-0.1, -0.05) is 6.07 Å². The van der Waals surface area contributed by atoms with Crippen LogP contribution in [0.3, 0.4) is 0 Å². The number of allylic oxidation sites excluding steroid dienone is 1. The quantitative estimate of drug-likeness (QED) is 0.564. The van der Waals surface area contributed by atoms with Crippen LogP contribution in [0.2, 0.25) is 0 Å². The molecule has 146 valence electrons. The zero-order valence-corrected chi connectivity index (χ0v) is 16.3. The van der Waals surface area contributed by atoms with Crippen LogP contribution in [0.5, 0.6) is 17.2 Å². The zero-order valence-electron chi connectivity index (χ0n) is 16.3. The third-order valence-electron chi connectivity index (χ3n) is 3.99. The number of rotatable bonds is 7. The first-order valence-corrected chi connectivity index (χ1v) is 8.51. The molecule has 2 aromatic rings. The van der Waals surface area contributed by atoms with E-state index in [1.165, 1.54) is 7.11 Å². The van der Waals surface area contributed by atoms with Crippen molar-refractivity contribution in [2.45, 2.75) is 13.0 Å². The zero-order chi connectivity index (χ0) is 20.7. The molecule has 1 amide bonds. The van der Waals surface area contributed by atoms with E-state index in [0.717, 1.165) is 0 Å². The normalized spacial score (nSPS) is 11.9. The van der Waals surface area contributed by atoms with E-state index in [-0.39, 0.29) is 5.91 Å². The second-order valence-electron chi connectivity index (χ2n) is 6.01. The smallest absolute Gasteiger partial charge is 0.241 e. The fraction of sp³-hybridized carbons (Fsp3) is 0.238. The topological polar surface area (TPSA) is 107 Å². The maximum atomic E-state index is 11.9. The molecule has 7 nitrogen and oxygen atoms in total. The lowest BCUT2D eigenvalue weighted by atomic mass is 10.0. The number of ether oxygens (including phenoxy) is 3. The molecule has 0 saturated heterocycles. The Morgan fingerprint density at radius 3 is 2.25 bits per heavy atom. The number of carbonyl (C=O) groups excluding carboxylic acids is 1. The Morgan fingerprint density at radius 2 is 1.75 bits per heavy atom. The average molecular weight is 381 g/mol. The van der Waals surface area contributed by atoms with Gasteiger partial charge in [-0.05, 0) is 48.4 Å². The number of nitrogens with one attached hydrogen (secondary N) is 1. The first kappa shape index (κ1) is 20.8. The van der Waals surface area contributed by atoms with Crippen LogP contribution < -0.4 is 25.3 Å². The number of carbonyl (C=O) groups is 1. The third-order valence-corrected chi connectivity index (χ3v) is 3.99. The van der Waals surface area contributed by atoms with E-state index in [1.807, 2.05) is 0 Å². The van der Waals surface area contributed by atoms with Crippen LogP contribution >= 0.6 is 0 Å². The van der Waals surface area contributed by atoms with Crippen LogP contribution in [-0.4, -0.2) is 33.3 Å². The maximum absolute atomic E-state index is 11.9. The summed E-state index contributed by atoms with van der Waals surface area (Å²) in [6.07, 6.45) is 1.70. The van der Waals surface area contributed by atoms with Crippen LogP contribution in [0.15, 0.2) is 36.4 Å². The van der Waals surface area contributed by atoms with Crippen molar-refractivity contribution in [2.75, 3.05) is 26.6 Å². The fourth-order valence-electron chi connectivity index (χ4n) is 2.47. The van der Waals surface area contributed by atoms with E-state index in [9.17, 15) is 10.1 Å². The van der Waals surface area contributed by atoms with Gasteiger partial charge in [0, 0.05) is 6.07 Å². The first-order chi connectivity index (χ1) is 13.4. The first-order valence-electron chi connectivity index (χ1n) is 8.51. The van der Waals surface area contributed by atoms with Gasteiger partial charge in [0.2, 0.25) is 5.91 Å². The molecule has 0 bridgehead atoms. The largest absolute Gasteiger partial charge is 0.497 e. The number of amides is 1. The Bertz CT molecular complexity index is 907. The molecule has 0 saturated carbocycles. The van der Waals surface area contributed by atoms with E-state index in [2.05, 4.69) is 11.4 Å². The van der Waals surface area contributed by atoms with Gasteiger partial charge in [0.1, 0.15) is 17.2 Å². The molecule has 0 fully saturated rings. The maximum Gasteiger partial charge on any atom is 0.241 e. The molecule has 1 atom stereocenters. The van der Waals surface area contributed by atoms with E-state index >= 15 is 0 Å². The van der Waals surface area contributed by atoms with Crippen molar-refractivity contribution >= 4 is 23.2 Å². The molecule has 0 aromatic heterocycles. The number of benzene rings is 2. The van der Waals surface area contributed by atoms with E-state index in [0.29, 0.717) is 39.6 Å². The van der Waals surface area contributed by atoms with E-state index in [4.69, 9.17) is 19.9 Å². The van der Waals surface area contributed by atoms with Gasteiger partial charge >= 0.3 is 0 Å². The molecule has 0 spiro atoms. The Hall–Kier alpha value is -3.50. The van der Waals surface area contributed by atoms with Crippen molar-refractivity contribution in [3.63, 3.8) is 0 Å². The summed E-state index contributed by atoms with van der Waals surface area (Å²) in [5.74, 6) is 1.32. The van der Waals surface area contributed by atoms with Gasteiger partial charge < -0.3 is 25.3 Å². The standard InChI is InChI=1S/C21H23N3O4/c1-13(23)21(25)24-19-8-14(5-6-20(19)28-4)7-16(12-22)15-9-17(26-2)11-18(10-15)27-3/h5-11,13H,23H2,1-4H3,(H,24,25). The van der Waals surface area contributed by atoms with Crippen molar-refractivity contribution in [2.24, 2.45) is 5.73 Å². The molecule has 28 heavy (non-hydrogen) atoms. The minimum absolute atomic E-state index is 0.336. The monoisotopic (exact) mass is 381 g/mol. The second-order valence-corrected chi connectivity index (χ2v) is 6.01. The summed E-state index contributed by atoms with van der Waals surface area (Å²) in [7, 11) is 4.60. The van der Waals surface area contributed by atoms with Crippen LogP contribution in [-0.2, 0) is 4.79 Å². The summed E-state index contributed by atoms with van der Waals surface area (Å²) < 4.78 is 15.8. The predicted molar refractivity (Wildman–Crippen MR) is 108 cm³/mol. The molecular formula is C21H23N3O4. The van der Waals surface area contributed by atoms with Crippen LogP contribution in [0, 0.1) is 11.3 Å². The highest BCUT2D eigenvalue weighted by Gasteiger charge is 2.12. The minimum atomic E-state index is -0.664. The molecule has 1 unspecified atom stereocenters. The van der Waals surface area contributed by atoms with Crippen molar-refractivity contribution in [3.8, 4) is 23.3 Å². The third kappa shape index (κ3) is 5.02. The van der Waals surface area contributed by atoms with Crippen LogP contribution in [0.25, 0.3) is 11.6 Å². The van der Waals surface area contributed by atoms with Crippen molar-refractivity contribution in [1.29, 1.82) is 5.26 Å². The van der Waals surface area contributed by atoms with Crippen LogP contribution in [0.4, 0.5) is 5.69 Å². The van der Waals surface area contributed by atoms with Gasteiger partial charge in [-0.25, -0.2) is 0 Å². The van der Waals surface area contributed by atoms with Gasteiger partial charge in [-0.3, -0.25) is 4.79 Å². The minimum Gasteiger partial charge on any atom is -0.497 e. The van der Waals surface area contributed by atoms with Crippen molar-refractivity contribution in [3.05, 3.63) is 47.5 Å². The highest BCUT2D eigenvalue weighted by Crippen LogP contribution is 2.30. The fourth-order valence-corrected chi connectivity index (χ4v) is 2.47. The Labute approximate surface area is 164 Å². The number of nitriles is 1. The van der Waals surface area contributed by atoms with Gasteiger partial charge in [0.05, 0.1) is 44.7 Å². The molecule has 3 N–H and O–H groups in total. The summed E-state index contributed by atoms with van der Waals surface area (Å²) in [6, 6.07) is 12.0. The van der Waals surface area contributed by atoms with Gasteiger partial charge in [-0.2, -0.15) is 5.26 Å². The molecule has 7 heteroatoms. The molecule has 0 radical (unpaired) electrons. The summed E-state index contributed by atoms with van der Waals surface area (Å²) in [5.41, 5.74) is 7.85. The lowest BCUT2D eigenvalue weighted by molar-refractivity contribution is -0.117. The SMILES string of the molecule is COc1cc(OC)cc(C(C#N)=Cc2ccc(OC)c(NC(=O)C(C)N)c2)c1. The molecule has 0 heterocycles. The highest BCUT2D eigenvalue weighted by atomic mass is 16.5. The second kappa shape index (κ2) is 9.44. The number of methoxy groups -OCH3 is 3. The number of nitrogens with two attached hydrogens (primary N) is 1. The van der Waals surface area contributed by atoms with Crippen LogP contribution in [0.1, 0.15) is 18.1 Å². The predicted octanol–water partition coefficient (Wildman–Crippen LogP) is 3.06. The average Bonchev–Trinajstić information content (AvgIpc) is 2.71. The number of hydrogen-bond acceptors (Lipinski definition) is 6. The molecule has 2 rings (SSSR count). The highest BCUT2D eigenvalue weighted by molar-refractivity contribution is 5.97. The molecule has 2 aromatic carbocycles. The molecule has 0 aliphatic heterocycles. The molecular weight excluding hydrogens is 358 g/mol. The van der Waals surface area contributed by atoms with E-state index in [1.54, 1.807) is 63.6 Å². The molecule has 0 aliphatic carbocycles. The van der Waals surface area contributed by atoms with Gasteiger partial charge in [0.25, 0.3) is 0 Å². The Balaban J connectivity index is 2.47. The van der Waals surface area contributed by atoms with Gasteiger partial charge in [-0.15, -0.1) is 0 Å². The summed E-state index contributed by atoms with van der Waals surface area (Å²) in [4.78, 5) is 11.9. The lowest BCUT2D eigenvalue weighted by Gasteiger charge is -2.13. The Kier molecular flexibility index (Phi) is 7.02. The van der Waals surface area contributed by atoms with Crippen molar-refractivity contribution in [1.82, 2.24) is 0 Å². The number of hydrogen-bond donors (Lipinski definition) is 2. The number of nitrogens with zero attached hydrogens (tertiary/aromatic N) is 1.